The van der Waals surface area contributed by atoms with Crippen molar-refractivity contribution in [1.82, 2.24) is 20.1 Å². The summed E-state index contributed by atoms with van der Waals surface area (Å²) in [5, 5.41) is 8.72. The summed E-state index contributed by atoms with van der Waals surface area (Å²) in [7, 11) is 0. The Morgan fingerprint density at radius 2 is 1.69 bits per heavy atom. The van der Waals surface area contributed by atoms with E-state index in [4.69, 9.17) is 4.42 Å². The Bertz CT molecular complexity index is 892. The van der Waals surface area contributed by atoms with Gasteiger partial charge in [0.15, 0.2) is 0 Å². The maximum absolute atomic E-state index is 6.10. The summed E-state index contributed by atoms with van der Waals surface area (Å²) >= 11 is 0. The van der Waals surface area contributed by atoms with Crippen molar-refractivity contribution in [3.63, 3.8) is 0 Å². The van der Waals surface area contributed by atoms with E-state index >= 15 is 0 Å². The zero-order valence-electron chi connectivity index (χ0n) is 17.0. The second-order valence-corrected chi connectivity index (χ2v) is 8.55. The smallest absolute Gasteiger partial charge is 0.231 e. The minimum absolute atomic E-state index is 0.470. The van der Waals surface area contributed by atoms with E-state index in [1.807, 2.05) is 19.3 Å². The predicted molar refractivity (Wildman–Crippen MR) is 112 cm³/mol. The lowest BCUT2D eigenvalue weighted by molar-refractivity contribution is 0.0445. The first-order valence-electron chi connectivity index (χ1n) is 10.8. The normalized spacial score (nSPS) is 23.8. The number of aromatic nitrogens is 3. The first-order chi connectivity index (χ1) is 14.3. The number of pyridine rings is 1. The molecule has 1 aromatic carbocycles. The molecule has 150 valence electrons. The summed E-state index contributed by atoms with van der Waals surface area (Å²) in [4.78, 5) is 6.96. The van der Waals surface area contributed by atoms with Crippen LogP contribution in [-0.2, 0) is 5.41 Å². The Hall–Kier alpha value is -2.53. The third-order valence-corrected chi connectivity index (χ3v) is 6.93. The highest BCUT2D eigenvalue weighted by Gasteiger charge is 2.43. The van der Waals surface area contributed by atoms with Crippen LogP contribution in [-0.4, -0.2) is 39.2 Å². The van der Waals surface area contributed by atoms with Crippen molar-refractivity contribution >= 4 is 0 Å². The van der Waals surface area contributed by atoms with E-state index in [-0.39, 0.29) is 0 Å². The van der Waals surface area contributed by atoms with Crippen molar-refractivity contribution in [2.75, 3.05) is 13.1 Å². The average molecular weight is 389 g/mol. The molecule has 4 heterocycles. The van der Waals surface area contributed by atoms with Gasteiger partial charge in [0.1, 0.15) is 0 Å². The molecule has 1 unspecified atom stereocenters. The van der Waals surface area contributed by atoms with Crippen LogP contribution in [0.4, 0.5) is 0 Å². The summed E-state index contributed by atoms with van der Waals surface area (Å²) in [5.74, 6) is 2.15. The highest BCUT2D eigenvalue weighted by molar-refractivity contribution is 5.44. The van der Waals surface area contributed by atoms with Crippen LogP contribution in [0.25, 0.3) is 0 Å². The first-order valence-corrected chi connectivity index (χ1v) is 10.8. The van der Waals surface area contributed by atoms with Gasteiger partial charge in [-0.3, -0.25) is 4.98 Å². The van der Waals surface area contributed by atoms with Gasteiger partial charge in [-0.1, -0.05) is 30.3 Å². The zero-order chi connectivity index (χ0) is 19.7. The van der Waals surface area contributed by atoms with Gasteiger partial charge in [0, 0.05) is 38.4 Å². The van der Waals surface area contributed by atoms with Gasteiger partial charge in [-0.15, -0.1) is 10.2 Å². The summed E-state index contributed by atoms with van der Waals surface area (Å²) in [6, 6.07) is 15.5. The fraction of sp³-hybridized carbons (Fsp3) is 0.458. The second-order valence-electron chi connectivity index (χ2n) is 8.55. The van der Waals surface area contributed by atoms with Crippen molar-refractivity contribution in [2.24, 2.45) is 5.92 Å². The number of fused-ring (bicyclic) bond motifs is 3. The molecular formula is C24H28N4O. The van der Waals surface area contributed by atoms with E-state index in [9.17, 15) is 0 Å². The number of hydrogen-bond acceptors (Lipinski definition) is 5. The van der Waals surface area contributed by atoms with Crippen molar-refractivity contribution in [1.29, 1.82) is 0 Å². The molecule has 5 nitrogen and oxygen atoms in total. The lowest BCUT2D eigenvalue weighted by Crippen LogP contribution is -2.49. The van der Waals surface area contributed by atoms with Crippen molar-refractivity contribution in [3.05, 3.63) is 77.8 Å². The van der Waals surface area contributed by atoms with Crippen molar-refractivity contribution in [2.45, 2.75) is 50.5 Å². The molecule has 5 heteroatoms. The van der Waals surface area contributed by atoms with E-state index in [2.05, 4.69) is 62.5 Å². The Kier molecular flexibility index (Phi) is 4.92. The van der Waals surface area contributed by atoms with E-state index in [1.54, 1.807) is 0 Å². The van der Waals surface area contributed by atoms with Gasteiger partial charge in [-0.05, 0) is 61.3 Å². The van der Waals surface area contributed by atoms with Crippen molar-refractivity contribution in [3.8, 4) is 0 Å². The second kappa shape index (κ2) is 7.71. The molecule has 1 saturated carbocycles. The zero-order valence-corrected chi connectivity index (χ0v) is 17.0. The molecule has 2 aromatic heterocycles. The molecule has 1 aliphatic carbocycles. The average Bonchev–Trinajstić information content (AvgIpc) is 3.23. The van der Waals surface area contributed by atoms with Crippen LogP contribution in [0, 0.1) is 12.8 Å². The SMILES string of the molecule is Cc1nnc(C(CCN2CC3CCC2CC3)(c2ccccc2)c2ccncc2)o1. The van der Waals surface area contributed by atoms with Crippen LogP contribution in [0.3, 0.4) is 0 Å². The minimum Gasteiger partial charge on any atom is -0.424 e. The molecule has 3 aliphatic rings. The van der Waals surface area contributed by atoms with Crippen molar-refractivity contribution < 1.29 is 4.42 Å². The van der Waals surface area contributed by atoms with Gasteiger partial charge >= 0.3 is 0 Å². The molecule has 3 fully saturated rings. The Balaban J connectivity index is 1.58. The topological polar surface area (TPSA) is 55.1 Å². The monoisotopic (exact) mass is 388 g/mol. The number of hydrogen-bond donors (Lipinski definition) is 0. The molecule has 2 bridgehead atoms. The third kappa shape index (κ3) is 3.38. The molecule has 0 spiro atoms. The Morgan fingerprint density at radius 3 is 2.31 bits per heavy atom. The minimum atomic E-state index is -0.470. The van der Waals surface area contributed by atoms with Crippen LogP contribution in [0.2, 0.25) is 0 Å². The van der Waals surface area contributed by atoms with Crippen LogP contribution in [0.1, 0.15) is 55.0 Å². The van der Waals surface area contributed by atoms with E-state index in [0.29, 0.717) is 11.8 Å². The number of piperidine rings is 2. The molecule has 0 radical (unpaired) electrons. The number of rotatable bonds is 6. The molecule has 6 rings (SSSR count). The molecule has 3 aromatic rings. The summed E-state index contributed by atoms with van der Waals surface area (Å²) in [5.41, 5.74) is 1.88. The van der Waals surface area contributed by atoms with Gasteiger partial charge in [0.05, 0.1) is 5.41 Å². The van der Waals surface area contributed by atoms with Gasteiger partial charge in [0.25, 0.3) is 0 Å². The van der Waals surface area contributed by atoms with Gasteiger partial charge in [0.2, 0.25) is 11.8 Å². The molecular weight excluding hydrogens is 360 g/mol. The first kappa shape index (κ1) is 18.5. The number of benzene rings is 1. The molecule has 2 saturated heterocycles. The Morgan fingerprint density at radius 1 is 0.966 bits per heavy atom. The largest absolute Gasteiger partial charge is 0.424 e. The summed E-state index contributed by atoms with van der Waals surface area (Å²) in [6.45, 7) is 4.12. The summed E-state index contributed by atoms with van der Waals surface area (Å²) < 4.78 is 6.10. The quantitative estimate of drug-likeness (QED) is 0.627. The fourth-order valence-corrected chi connectivity index (χ4v) is 5.40. The van der Waals surface area contributed by atoms with E-state index in [1.165, 1.54) is 37.8 Å². The van der Waals surface area contributed by atoms with Gasteiger partial charge < -0.3 is 9.32 Å². The molecule has 2 aliphatic heterocycles. The van der Waals surface area contributed by atoms with Crippen LogP contribution in [0.15, 0.2) is 59.3 Å². The van der Waals surface area contributed by atoms with E-state index in [0.717, 1.165) is 30.5 Å². The molecule has 29 heavy (non-hydrogen) atoms. The fourth-order valence-electron chi connectivity index (χ4n) is 5.40. The van der Waals surface area contributed by atoms with Crippen LogP contribution in [0.5, 0.6) is 0 Å². The van der Waals surface area contributed by atoms with Gasteiger partial charge in [-0.2, -0.15) is 0 Å². The predicted octanol–water partition coefficient (Wildman–Crippen LogP) is 4.37. The molecule has 0 N–H and O–H groups in total. The van der Waals surface area contributed by atoms with E-state index < -0.39 is 5.41 Å². The highest BCUT2D eigenvalue weighted by Crippen LogP contribution is 2.43. The third-order valence-electron chi connectivity index (χ3n) is 6.93. The number of aryl methyl sites for hydroxylation is 1. The maximum Gasteiger partial charge on any atom is 0.231 e. The van der Waals surface area contributed by atoms with Gasteiger partial charge in [-0.25, -0.2) is 0 Å². The molecule has 0 amide bonds. The summed E-state index contributed by atoms with van der Waals surface area (Å²) in [6.07, 6.45) is 10.1. The molecule has 1 atom stereocenters. The highest BCUT2D eigenvalue weighted by atomic mass is 16.4. The maximum atomic E-state index is 6.10. The Labute approximate surface area is 172 Å². The van der Waals surface area contributed by atoms with Crippen LogP contribution < -0.4 is 0 Å². The standard InChI is InChI=1S/C24H28N4O/c1-18-26-27-23(29-18)24(20-5-3-2-4-6-20,21-11-14-25-15-12-21)13-16-28-17-19-7-9-22(28)10-8-19/h2-6,11-12,14-15,19,22H,7-10,13,16-17H2,1H3. The van der Waals surface area contributed by atoms with Crippen LogP contribution >= 0.6 is 0 Å². The number of nitrogens with zero attached hydrogens (tertiary/aromatic N) is 4. The lowest BCUT2D eigenvalue weighted by Gasteiger charge is -2.46. The lowest BCUT2D eigenvalue weighted by atomic mass is 9.71.